The first-order chi connectivity index (χ1) is 8.24. The van der Waals surface area contributed by atoms with Gasteiger partial charge in [-0.25, -0.2) is 0 Å². The molecule has 1 unspecified atom stereocenters. The molecule has 0 aromatic carbocycles. The van der Waals surface area contributed by atoms with E-state index in [2.05, 4.69) is 24.1 Å². The first-order valence-electron chi connectivity index (χ1n) is 6.54. The van der Waals surface area contributed by atoms with Crippen LogP contribution in [-0.4, -0.2) is 73.8 Å². The molecule has 0 fully saturated rings. The van der Waals surface area contributed by atoms with E-state index in [1.807, 2.05) is 0 Å². The highest BCUT2D eigenvalue weighted by Gasteiger charge is 2.07. The van der Waals surface area contributed by atoms with Crippen LogP contribution in [0.3, 0.4) is 0 Å². The molecule has 0 heterocycles. The van der Waals surface area contributed by atoms with Crippen molar-refractivity contribution < 1.29 is 14.9 Å². The summed E-state index contributed by atoms with van der Waals surface area (Å²) in [5.74, 6) is 0. The lowest BCUT2D eigenvalue weighted by molar-refractivity contribution is 0.0886. The second kappa shape index (κ2) is 12.3. The SMILES string of the molecule is CCN(CC)CC(O)CNCCCOCCO. The molecule has 0 aromatic rings. The normalized spacial score (nSPS) is 13.2. The standard InChI is InChI=1S/C12H28N2O3/c1-3-14(4-2)11-12(16)10-13-6-5-8-17-9-7-15/h12-13,15-16H,3-11H2,1-2H3. The summed E-state index contributed by atoms with van der Waals surface area (Å²) in [6, 6.07) is 0. The van der Waals surface area contributed by atoms with Gasteiger partial charge >= 0.3 is 0 Å². The van der Waals surface area contributed by atoms with E-state index in [0.717, 1.165) is 32.6 Å². The summed E-state index contributed by atoms with van der Waals surface area (Å²) in [5.41, 5.74) is 0. The lowest BCUT2D eigenvalue weighted by atomic mass is 10.3. The zero-order valence-electron chi connectivity index (χ0n) is 11.2. The summed E-state index contributed by atoms with van der Waals surface area (Å²) < 4.78 is 5.13. The van der Waals surface area contributed by atoms with Crippen molar-refractivity contribution in [2.75, 3.05) is 52.5 Å². The highest BCUT2D eigenvalue weighted by molar-refractivity contribution is 4.65. The molecule has 0 rings (SSSR count). The third kappa shape index (κ3) is 10.7. The largest absolute Gasteiger partial charge is 0.394 e. The van der Waals surface area contributed by atoms with Gasteiger partial charge in [-0.3, -0.25) is 0 Å². The summed E-state index contributed by atoms with van der Waals surface area (Å²) in [7, 11) is 0. The summed E-state index contributed by atoms with van der Waals surface area (Å²) >= 11 is 0. The Morgan fingerprint density at radius 3 is 2.53 bits per heavy atom. The molecule has 3 N–H and O–H groups in total. The topological polar surface area (TPSA) is 65.0 Å². The van der Waals surface area contributed by atoms with Crippen LogP contribution in [-0.2, 0) is 4.74 Å². The van der Waals surface area contributed by atoms with Crippen LogP contribution in [0, 0.1) is 0 Å². The molecule has 1 atom stereocenters. The molecule has 0 bridgehead atoms. The molecule has 0 spiro atoms. The van der Waals surface area contributed by atoms with Crippen LogP contribution in [0.2, 0.25) is 0 Å². The van der Waals surface area contributed by atoms with Gasteiger partial charge in [0.1, 0.15) is 0 Å². The van der Waals surface area contributed by atoms with Crippen molar-refractivity contribution in [3.63, 3.8) is 0 Å². The maximum absolute atomic E-state index is 9.75. The highest BCUT2D eigenvalue weighted by atomic mass is 16.5. The van der Waals surface area contributed by atoms with Gasteiger partial charge in [0.2, 0.25) is 0 Å². The fourth-order valence-electron chi connectivity index (χ4n) is 1.58. The van der Waals surface area contributed by atoms with Crippen molar-refractivity contribution in [2.24, 2.45) is 0 Å². The van der Waals surface area contributed by atoms with E-state index in [-0.39, 0.29) is 12.7 Å². The Bertz CT molecular complexity index is 155. The predicted octanol–water partition coefficient (Wildman–Crippen LogP) is -0.322. The molecule has 0 aromatic heterocycles. The monoisotopic (exact) mass is 248 g/mol. The van der Waals surface area contributed by atoms with Crippen molar-refractivity contribution in [3.05, 3.63) is 0 Å². The maximum atomic E-state index is 9.75. The minimum absolute atomic E-state index is 0.0794. The number of nitrogens with zero attached hydrogens (tertiary/aromatic N) is 1. The van der Waals surface area contributed by atoms with Gasteiger partial charge in [0.25, 0.3) is 0 Å². The predicted molar refractivity (Wildman–Crippen MR) is 69.2 cm³/mol. The van der Waals surface area contributed by atoms with Crippen LogP contribution < -0.4 is 5.32 Å². The second-order valence-electron chi connectivity index (χ2n) is 4.03. The fraction of sp³-hybridized carbons (Fsp3) is 1.00. The Morgan fingerprint density at radius 1 is 1.24 bits per heavy atom. The van der Waals surface area contributed by atoms with Crippen LogP contribution in [0.1, 0.15) is 20.3 Å². The molecule has 0 saturated heterocycles. The van der Waals surface area contributed by atoms with Gasteiger partial charge in [-0.2, -0.15) is 0 Å². The van der Waals surface area contributed by atoms with Gasteiger partial charge in [0.15, 0.2) is 0 Å². The van der Waals surface area contributed by atoms with Gasteiger partial charge in [0, 0.05) is 19.7 Å². The maximum Gasteiger partial charge on any atom is 0.0791 e. The lowest BCUT2D eigenvalue weighted by Gasteiger charge is -2.22. The van der Waals surface area contributed by atoms with E-state index in [9.17, 15) is 5.11 Å². The number of hydrogen-bond donors (Lipinski definition) is 3. The Kier molecular flexibility index (Phi) is 12.1. The van der Waals surface area contributed by atoms with Crippen LogP contribution in [0.25, 0.3) is 0 Å². The molecule has 0 aliphatic carbocycles. The van der Waals surface area contributed by atoms with E-state index in [1.165, 1.54) is 0 Å². The Labute approximate surface area is 105 Å². The smallest absolute Gasteiger partial charge is 0.0791 e. The number of aliphatic hydroxyl groups excluding tert-OH is 2. The van der Waals surface area contributed by atoms with E-state index in [4.69, 9.17) is 9.84 Å². The van der Waals surface area contributed by atoms with Gasteiger partial charge < -0.3 is 25.2 Å². The molecule has 5 nitrogen and oxygen atoms in total. The third-order valence-electron chi connectivity index (χ3n) is 2.62. The van der Waals surface area contributed by atoms with Crippen LogP contribution in [0.5, 0.6) is 0 Å². The number of nitrogens with one attached hydrogen (secondary N) is 1. The summed E-state index contributed by atoms with van der Waals surface area (Å²) in [6.07, 6.45) is 0.589. The first kappa shape index (κ1) is 16.8. The number of hydrogen-bond acceptors (Lipinski definition) is 5. The van der Waals surface area contributed by atoms with Crippen molar-refractivity contribution in [1.82, 2.24) is 10.2 Å². The Morgan fingerprint density at radius 2 is 1.94 bits per heavy atom. The zero-order chi connectivity index (χ0) is 12.9. The van der Waals surface area contributed by atoms with Crippen LogP contribution >= 0.6 is 0 Å². The van der Waals surface area contributed by atoms with E-state index in [0.29, 0.717) is 19.8 Å². The van der Waals surface area contributed by atoms with Crippen molar-refractivity contribution in [2.45, 2.75) is 26.4 Å². The van der Waals surface area contributed by atoms with Crippen molar-refractivity contribution in [3.8, 4) is 0 Å². The van der Waals surface area contributed by atoms with Gasteiger partial charge in [-0.05, 0) is 26.1 Å². The Hall–Kier alpha value is -0.200. The van der Waals surface area contributed by atoms with E-state index in [1.54, 1.807) is 0 Å². The molecule has 0 saturated carbocycles. The number of aliphatic hydroxyl groups is 2. The minimum Gasteiger partial charge on any atom is -0.394 e. The number of ether oxygens (including phenoxy) is 1. The number of likely N-dealkylation sites (N-methyl/N-ethyl adjacent to an activating group) is 1. The molecule has 0 aliphatic rings. The van der Waals surface area contributed by atoms with Crippen LogP contribution in [0.4, 0.5) is 0 Å². The summed E-state index contributed by atoms with van der Waals surface area (Å²) in [5, 5.41) is 21.4. The fourth-order valence-corrected chi connectivity index (χ4v) is 1.58. The molecule has 104 valence electrons. The molecule has 0 aliphatic heterocycles. The zero-order valence-corrected chi connectivity index (χ0v) is 11.2. The molecule has 17 heavy (non-hydrogen) atoms. The van der Waals surface area contributed by atoms with Gasteiger partial charge in [-0.1, -0.05) is 13.8 Å². The third-order valence-corrected chi connectivity index (χ3v) is 2.62. The molecular weight excluding hydrogens is 220 g/mol. The molecular formula is C12H28N2O3. The Balaban J connectivity index is 3.29. The average Bonchev–Trinajstić information content (AvgIpc) is 2.34. The minimum atomic E-state index is -0.312. The van der Waals surface area contributed by atoms with Crippen LogP contribution in [0.15, 0.2) is 0 Å². The summed E-state index contributed by atoms with van der Waals surface area (Å²) in [6.45, 7) is 9.47. The lowest BCUT2D eigenvalue weighted by Crippen LogP contribution is -2.38. The highest BCUT2D eigenvalue weighted by Crippen LogP contribution is 1.91. The second-order valence-corrected chi connectivity index (χ2v) is 4.03. The van der Waals surface area contributed by atoms with Gasteiger partial charge in [-0.15, -0.1) is 0 Å². The molecule has 0 amide bonds. The summed E-state index contributed by atoms with van der Waals surface area (Å²) in [4.78, 5) is 2.21. The van der Waals surface area contributed by atoms with E-state index < -0.39 is 0 Å². The van der Waals surface area contributed by atoms with Gasteiger partial charge in [0.05, 0.1) is 19.3 Å². The number of rotatable bonds is 12. The first-order valence-corrected chi connectivity index (χ1v) is 6.54. The molecule has 0 radical (unpaired) electrons. The van der Waals surface area contributed by atoms with Crippen molar-refractivity contribution in [1.29, 1.82) is 0 Å². The van der Waals surface area contributed by atoms with E-state index >= 15 is 0 Å². The van der Waals surface area contributed by atoms with Crippen molar-refractivity contribution >= 4 is 0 Å². The molecule has 5 heteroatoms. The average molecular weight is 248 g/mol. The quantitative estimate of drug-likeness (QED) is 0.413.